The standard InChI is InChI=1S/C21H35N5O/c1-4-12-26-13-10-18(16-26)15-25-21(23-5-2)24-11-9-17-7-6-8-19(14-17)20(27)22-3/h6-8,14,18H,4-5,9-13,15-16H2,1-3H3,(H,22,27)(H2,23,24,25). The highest BCUT2D eigenvalue weighted by Gasteiger charge is 2.21. The largest absolute Gasteiger partial charge is 0.357 e. The number of hydrogen-bond donors (Lipinski definition) is 3. The minimum Gasteiger partial charge on any atom is -0.357 e. The number of nitrogens with zero attached hydrogens (tertiary/aromatic N) is 2. The van der Waals surface area contributed by atoms with Gasteiger partial charge in [0.25, 0.3) is 5.91 Å². The first-order valence-corrected chi connectivity index (χ1v) is 10.2. The van der Waals surface area contributed by atoms with Crippen LogP contribution in [0.2, 0.25) is 0 Å². The zero-order valence-electron chi connectivity index (χ0n) is 17.1. The van der Waals surface area contributed by atoms with Crippen molar-refractivity contribution < 1.29 is 4.79 Å². The second kappa shape index (κ2) is 11.6. The highest BCUT2D eigenvalue weighted by molar-refractivity contribution is 5.94. The van der Waals surface area contributed by atoms with Crippen molar-refractivity contribution in [1.82, 2.24) is 20.9 Å². The Labute approximate surface area is 163 Å². The van der Waals surface area contributed by atoms with Crippen LogP contribution in [0.1, 0.15) is 42.6 Å². The molecule has 1 atom stereocenters. The van der Waals surface area contributed by atoms with Gasteiger partial charge in [0.15, 0.2) is 5.96 Å². The molecule has 1 heterocycles. The summed E-state index contributed by atoms with van der Waals surface area (Å²) in [7, 11) is 1.65. The van der Waals surface area contributed by atoms with Crippen molar-refractivity contribution in [3.63, 3.8) is 0 Å². The van der Waals surface area contributed by atoms with Crippen LogP contribution < -0.4 is 16.0 Å². The van der Waals surface area contributed by atoms with Crippen LogP contribution in [0.4, 0.5) is 0 Å². The number of carbonyl (C=O) groups excluding carboxylic acids is 1. The smallest absolute Gasteiger partial charge is 0.251 e. The third-order valence-electron chi connectivity index (χ3n) is 4.88. The van der Waals surface area contributed by atoms with E-state index in [0.29, 0.717) is 11.5 Å². The molecule has 1 aliphatic rings. The Bertz CT molecular complexity index is 616. The zero-order chi connectivity index (χ0) is 19.5. The van der Waals surface area contributed by atoms with Crippen LogP contribution in [0, 0.1) is 5.92 Å². The first kappa shape index (κ1) is 21.2. The molecular formula is C21H35N5O. The molecule has 0 saturated carbocycles. The number of amides is 1. The number of nitrogens with one attached hydrogen (secondary N) is 3. The molecule has 2 rings (SSSR count). The van der Waals surface area contributed by atoms with Crippen LogP contribution in [0.5, 0.6) is 0 Å². The van der Waals surface area contributed by atoms with E-state index >= 15 is 0 Å². The van der Waals surface area contributed by atoms with Gasteiger partial charge in [0, 0.05) is 38.8 Å². The van der Waals surface area contributed by atoms with E-state index in [4.69, 9.17) is 4.99 Å². The van der Waals surface area contributed by atoms with Crippen molar-refractivity contribution in [3.05, 3.63) is 35.4 Å². The van der Waals surface area contributed by atoms with Gasteiger partial charge in [-0.25, -0.2) is 0 Å². The third-order valence-corrected chi connectivity index (χ3v) is 4.88. The molecule has 1 fully saturated rings. The van der Waals surface area contributed by atoms with E-state index in [-0.39, 0.29) is 5.91 Å². The molecule has 1 amide bonds. The lowest BCUT2D eigenvalue weighted by molar-refractivity contribution is 0.0963. The summed E-state index contributed by atoms with van der Waals surface area (Å²) < 4.78 is 0. The summed E-state index contributed by atoms with van der Waals surface area (Å²) in [6.07, 6.45) is 3.32. The molecule has 6 nitrogen and oxygen atoms in total. The van der Waals surface area contributed by atoms with Crippen LogP contribution in [-0.4, -0.2) is 63.1 Å². The molecule has 1 aromatic carbocycles. The maximum absolute atomic E-state index is 11.7. The predicted octanol–water partition coefficient (Wildman–Crippen LogP) is 1.88. The molecule has 0 spiro atoms. The van der Waals surface area contributed by atoms with Crippen LogP contribution in [0.3, 0.4) is 0 Å². The lowest BCUT2D eigenvalue weighted by Gasteiger charge is -2.15. The summed E-state index contributed by atoms with van der Waals surface area (Å²) in [5.74, 6) is 1.50. The second-order valence-corrected chi connectivity index (χ2v) is 7.13. The number of aliphatic imine (C=N–C) groups is 1. The molecule has 150 valence electrons. The van der Waals surface area contributed by atoms with Gasteiger partial charge in [-0.2, -0.15) is 0 Å². The summed E-state index contributed by atoms with van der Waals surface area (Å²) in [4.78, 5) is 19.1. The van der Waals surface area contributed by atoms with E-state index in [1.54, 1.807) is 7.05 Å². The van der Waals surface area contributed by atoms with Gasteiger partial charge in [-0.05, 0) is 62.9 Å². The molecule has 0 aliphatic carbocycles. The molecular weight excluding hydrogens is 338 g/mol. The monoisotopic (exact) mass is 373 g/mol. The zero-order valence-corrected chi connectivity index (χ0v) is 17.1. The molecule has 3 N–H and O–H groups in total. The van der Waals surface area contributed by atoms with E-state index in [0.717, 1.165) is 37.6 Å². The minimum absolute atomic E-state index is 0.0478. The highest BCUT2D eigenvalue weighted by Crippen LogP contribution is 2.16. The Hall–Kier alpha value is -2.08. The fourth-order valence-electron chi connectivity index (χ4n) is 3.48. The molecule has 1 unspecified atom stereocenters. The van der Waals surface area contributed by atoms with E-state index in [1.807, 2.05) is 18.2 Å². The summed E-state index contributed by atoms with van der Waals surface area (Å²) in [6, 6.07) is 7.77. The summed E-state index contributed by atoms with van der Waals surface area (Å²) >= 11 is 0. The summed E-state index contributed by atoms with van der Waals surface area (Å²) in [5.41, 5.74) is 1.85. The first-order valence-electron chi connectivity index (χ1n) is 10.2. The fraction of sp³-hybridized carbons (Fsp3) is 0.619. The molecule has 6 heteroatoms. The summed E-state index contributed by atoms with van der Waals surface area (Å²) in [6.45, 7) is 10.4. The predicted molar refractivity (Wildman–Crippen MR) is 112 cm³/mol. The van der Waals surface area contributed by atoms with Crippen LogP contribution >= 0.6 is 0 Å². The average Bonchev–Trinajstić information content (AvgIpc) is 3.13. The number of carbonyl (C=O) groups is 1. The lowest BCUT2D eigenvalue weighted by Crippen LogP contribution is -2.38. The van der Waals surface area contributed by atoms with Crippen molar-refractivity contribution in [2.45, 2.75) is 33.1 Å². The molecule has 1 aliphatic heterocycles. The van der Waals surface area contributed by atoms with Crippen molar-refractivity contribution in [3.8, 4) is 0 Å². The Morgan fingerprint density at radius 2 is 2.15 bits per heavy atom. The number of rotatable bonds is 9. The van der Waals surface area contributed by atoms with Crippen LogP contribution in [-0.2, 0) is 6.42 Å². The van der Waals surface area contributed by atoms with Crippen molar-refractivity contribution in [2.75, 3.05) is 46.3 Å². The molecule has 27 heavy (non-hydrogen) atoms. The van der Waals surface area contributed by atoms with Crippen molar-refractivity contribution in [1.29, 1.82) is 0 Å². The maximum atomic E-state index is 11.7. The Balaban J connectivity index is 1.81. The number of hydrogen-bond acceptors (Lipinski definition) is 3. The lowest BCUT2D eigenvalue weighted by atomic mass is 10.1. The third kappa shape index (κ3) is 7.21. The normalized spacial score (nSPS) is 17.7. The van der Waals surface area contributed by atoms with E-state index in [1.165, 1.54) is 32.5 Å². The van der Waals surface area contributed by atoms with Crippen LogP contribution in [0.15, 0.2) is 29.3 Å². The van der Waals surface area contributed by atoms with E-state index in [9.17, 15) is 4.79 Å². The molecule has 1 saturated heterocycles. The fourth-order valence-corrected chi connectivity index (χ4v) is 3.48. The Morgan fingerprint density at radius 3 is 2.89 bits per heavy atom. The quantitative estimate of drug-likeness (QED) is 0.457. The van der Waals surface area contributed by atoms with Gasteiger partial charge in [0.2, 0.25) is 0 Å². The molecule has 0 radical (unpaired) electrons. The highest BCUT2D eigenvalue weighted by atomic mass is 16.1. The van der Waals surface area contributed by atoms with Gasteiger partial charge >= 0.3 is 0 Å². The second-order valence-electron chi connectivity index (χ2n) is 7.13. The molecule has 1 aromatic rings. The number of guanidine groups is 1. The molecule has 0 aromatic heterocycles. The van der Waals surface area contributed by atoms with Gasteiger partial charge < -0.3 is 20.9 Å². The Morgan fingerprint density at radius 1 is 1.30 bits per heavy atom. The number of likely N-dealkylation sites (tertiary alicyclic amines) is 1. The van der Waals surface area contributed by atoms with Gasteiger partial charge in [-0.1, -0.05) is 19.1 Å². The van der Waals surface area contributed by atoms with E-state index < -0.39 is 0 Å². The summed E-state index contributed by atoms with van der Waals surface area (Å²) in [5, 5.41) is 9.41. The van der Waals surface area contributed by atoms with Crippen molar-refractivity contribution in [2.24, 2.45) is 10.9 Å². The van der Waals surface area contributed by atoms with Gasteiger partial charge in [0.1, 0.15) is 0 Å². The SMILES string of the molecule is CCCN1CCC(CN=C(NCC)NCCc2cccc(C(=O)NC)c2)C1. The van der Waals surface area contributed by atoms with Crippen molar-refractivity contribution >= 4 is 11.9 Å². The maximum Gasteiger partial charge on any atom is 0.251 e. The average molecular weight is 374 g/mol. The van der Waals surface area contributed by atoms with Gasteiger partial charge in [-0.3, -0.25) is 9.79 Å². The topological polar surface area (TPSA) is 68.8 Å². The first-order chi connectivity index (χ1) is 13.2. The van der Waals surface area contributed by atoms with Gasteiger partial charge in [-0.15, -0.1) is 0 Å². The Kier molecular flexibility index (Phi) is 9.11. The van der Waals surface area contributed by atoms with Gasteiger partial charge in [0.05, 0.1) is 0 Å². The molecule has 0 bridgehead atoms. The van der Waals surface area contributed by atoms with E-state index in [2.05, 4.69) is 40.8 Å². The number of benzene rings is 1. The van der Waals surface area contributed by atoms with Crippen LogP contribution in [0.25, 0.3) is 0 Å². The minimum atomic E-state index is -0.0478.